The fourth-order valence-electron chi connectivity index (χ4n) is 2.67. The average Bonchev–Trinajstić information content (AvgIpc) is 2.70. The zero-order chi connectivity index (χ0) is 20.1. The molecule has 0 aliphatic carbocycles. The van der Waals surface area contributed by atoms with Crippen LogP contribution in [-0.4, -0.2) is 14.3 Å². The molecule has 2 N–H and O–H groups in total. The number of hydrogen-bond donors (Lipinski definition) is 2. The van der Waals surface area contributed by atoms with Crippen molar-refractivity contribution in [2.24, 2.45) is 0 Å². The molecule has 3 aromatic rings. The van der Waals surface area contributed by atoms with Crippen molar-refractivity contribution < 1.29 is 13.2 Å². The molecule has 6 heteroatoms. The monoisotopic (exact) mass is 394 g/mol. The lowest BCUT2D eigenvalue weighted by Crippen LogP contribution is -2.16. The highest BCUT2D eigenvalue weighted by molar-refractivity contribution is 7.92. The topological polar surface area (TPSA) is 75.3 Å². The van der Waals surface area contributed by atoms with Gasteiger partial charge < -0.3 is 5.32 Å². The molecule has 0 aliphatic rings. The Morgan fingerprint density at radius 2 is 1.54 bits per heavy atom. The molecule has 0 unspecified atom stereocenters. The van der Waals surface area contributed by atoms with Crippen LogP contribution in [0.1, 0.15) is 28.4 Å². The summed E-state index contributed by atoms with van der Waals surface area (Å²) in [7, 11) is -3.80. The fraction of sp³-hybridized carbons (Fsp3) is 0.136. The van der Waals surface area contributed by atoms with Crippen LogP contribution in [-0.2, 0) is 16.4 Å². The minimum Gasteiger partial charge on any atom is -0.322 e. The van der Waals surface area contributed by atoms with Gasteiger partial charge in [0.05, 0.1) is 4.90 Å². The number of sulfonamides is 1. The molecular weight excluding hydrogens is 372 g/mol. The van der Waals surface area contributed by atoms with Gasteiger partial charge in [-0.15, -0.1) is 0 Å². The Bertz CT molecular complexity index is 1070. The molecule has 0 aromatic heterocycles. The van der Waals surface area contributed by atoms with Gasteiger partial charge in [-0.25, -0.2) is 8.42 Å². The van der Waals surface area contributed by atoms with E-state index in [9.17, 15) is 13.2 Å². The Hall–Kier alpha value is -3.12. The molecule has 0 radical (unpaired) electrons. The van der Waals surface area contributed by atoms with E-state index >= 15 is 0 Å². The summed E-state index contributed by atoms with van der Waals surface area (Å²) >= 11 is 0. The Morgan fingerprint density at radius 3 is 2.18 bits per heavy atom. The van der Waals surface area contributed by atoms with Gasteiger partial charge >= 0.3 is 0 Å². The van der Waals surface area contributed by atoms with E-state index < -0.39 is 10.0 Å². The zero-order valence-electron chi connectivity index (χ0n) is 15.8. The first kappa shape index (κ1) is 19.6. The molecule has 0 atom stereocenters. The van der Waals surface area contributed by atoms with Gasteiger partial charge in [-0.05, 0) is 61.4 Å². The first-order chi connectivity index (χ1) is 13.4. The smallest absolute Gasteiger partial charge is 0.261 e. The number of anilines is 2. The Balaban J connectivity index is 1.78. The van der Waals surface area contributed by atoms with E-state index in [0.29, 0.717) is 11.4 Å². The van der Waals surface area contributed by atoms with Gasteiger partial charge in [-0.2, -0.15) is 0 Å². The van der Waals surface area contributed by atoms with Gasteiger partial charge in [0.15, 0.2) is 0 Å². The summed E-state index contributed by atoms with van der Waals surface area (Å²) in [4.78, 5) is 12.5. The van der Waals surface area contributed by atoms with Gasteiger partial charge in [0.2, 0.25) is 0 Å². The third kappa shape index (κ3) is 4.78. The van der Waals surface area contributed by atoms with Crippen LogP contribution in [0.25, 0.3) is 0 Å². The Morgan fingerprint density at radius 1 is 0.893 bits per heavy atom. The van der Waals surface area contributed by atoms with Crippen molar-refractivity contribution >= 4 is 27.3 Å². The lowest BCUT2D eigenvalue weighted by atomic mass is 10.2. The number of carbonyl (C=O) groups excluding carboxylic acids is 1. The lowest BCUT2D eigenvalue weighted by Gasteiger charge is -2.10. The molecule has 28 heavy (non-hydrogen) atoms. The molecule has 0 heterocycles. The number of rotatable bonds is 6. The quantitative estimate of drug-likeness (QED) is 0.641. The molecule has 0 aliphatic heterocycles. The van der Waals surface area contributed by atoms with Gasteiger partial charge in [0.25, 0.3) is 15.9 Å². The van der Waals surface area contributed by atoms with Crippen molar-refractivity contribution in [2.45, 2.75) is 25.2 Å². The van der Waals surface area contributed by atoms with Crippen LogP contribution in [0.5, 0.6) is 0 Å². The summed E-state index contributed by atoms with van der Waals surface area (Å²) in [5.41, 5.74) is 3.61. The highest BCUT2D eigenvalue weighted by Gasteiger charge is 2.16. The molecule has 0 fully saturated rings. The fourth-order valence-corrected chi connectivity index (χ4v) is 3.77. The second-order valence-electron chi connectivity index (χ2n) is 6.50. The van der Waals surface area contributed by atoms with E-state index in [4.69, 9.17) is 0 Å². The van der Waals surface area contributed by atoms with Crippen molar-refractivity contribution in [2.75, 3.05) is 10.0 Å². The molecular formula is C22H22N2O3S. The standard InChI is InChI=1S/C22H22N2O3S/c1-3-17-9-13-20(14-10-17)24-28(26,27)21-6-4-5-18(15-21)22(25)23-19-11-7-16(2)8-12-19/h4-15,24H,3H2,1-2H3,(H,23,25). The predicted molar refractivity (Wildman–Crippen MR) is 112 cm³/mol. The number of amides is 1. The summed E-state index contributed by atoms with van der Waals surface area (Å²) in [5.74, 6) is -0.367. The second kappa shape index (κ2) is 8.27. The Kier molecular flexibility index (Phi) is 5.80. The van der Waals surface area contributed by atoms with Crippen molar-refractivity contribution in [3.63, 3.8) is 0 Å². The number of nitrogens with one attached hydrogen (secondary N) is 2. The maximum absolute atomic E-state index is 12.7. The molecule has 0 bridgehead atoms. The normalized spacial score (nSPS) is 11.1. The molecule has 0 saturated heterocycles. The van der Waals surface area contributed by atoms with Crippen LogP contribution in [0.2, 0.25) is 0 Å². The SMILES string of the molecule is CCc1ccc(NS(=O)(=O)c2cccc(C(=O)Nc3ccc(C)cc3)c2)cc1. The minimum absolute atomic E-state index is 0.0311. The number of aryl methyl sites for hydroxylation is 2. The lowest BCUT2D eigenvalue weighted by molar-refractivity contribution is 0.102. The predicted octanol–water partition coefficient (Wildman–Crippen LogP) is 4.61. The molecule has 5 nitrogen and oxygen atoms in total. The van der Waals surface area contributed by atoms with E-state index in [0.717, 1.165) is 17.5 Å². The van der Waals surface area contributed by atoms with E-state index in [1.54, 1.807) is 36.4 Å². The van der Waals surface area contributed by atoms with E-state index in [1.165, 1.54) is 12.1 Å². The van der Waals surface area contributed by atoms with Gasteiger partial charge in [-0.1, -0.05) is 42.8 Å². The Labute approximate surface area is 165 Å². The molecule has 144 valence electrons. The van der Waals surface area contributed by atoms with E-state index in [1.807, 2.05) is 38.1 Å². The van der Waals surface area contributed by atoms with Crippen LogP contribution in [0, 0.1) is 6.92 Å². The van der Waals surface area contributed by atoms with Gasteiger partial charge in [0.1, 0.15) is 0 Å². The molecule has 1 amide bonds. The van der Waals surface area contributed by atoms with E-state index in [-0.39, 0.29) is 16.4 Å². The highest BCUT2D eigenvalue weighted by atomic mass is 32.2. The highest BCUT2D eigenvalue weighted by Crippen LogP contribution is 2.19. The number of benzene rings is 3. The summed E-state index contributed by atoms with van der Waals surface area (Å²) in [6.07, 6.45) is 0.880. The first-order valence-corrected chi connectivity index (χ1v) is 10.5. The number of carbonyl (C=O) groups is 1. The van der Waals surface area contributed by atoms with Crippen LogP contribution in [0.4, 0.5) is 11.4 Å². The maximum atomic E-state index is 12.7. The molecule has 0 saturated carbocycles. The van der Waals surface area contributed by atoms with Crippen LogP contribution in [0.3, 0.4) is 0 Å². The summed E-state index contributed by atoms with van der Waals surface area (Å²) < 4.78 is 27.9. The summed E-state index contributed by atoms with van der Waals surface area (Å²) in [6, 6.07) is 20.6. The van der Waals surface area contributed by atoms with Crippen molar-refractivity contribution in [1.29, 1.82) is 0 Å². The van der Waals surface area contributed by atoms with E-state index in [2.05, 4.69) is 10.0 Å². The van der Waals surface area contributed by atoms with Crippen LogP contribution >= 0.6 is 0 Å². The second-order valence-corrected chi connectivity index (χ2v) is 8.19. The maximum Gasteiger partial charge on any atom is 0.261 e. The van der Waals surface area contributed by atoms with Crippen molar-refractivity contribution in [3.8, 4) is 0 Å². The molecule has 3 rings (SSSR count). The largest absolute Gasteiger partial charge is 0.322 e. The third-order valence-corrected chi connectivity index (χ3v) is 5.71. The summed E-state index contributed by atoms with van der Waals surface area (Å²) in [5, 5.41) is 2.77. The molecule has 3 aromatic carbocycles. The zero-order valence-corrected chi connectivity index (χ0v) is 16.6. The van der Waals surface area contributed by atoms with Gasteiger partial charge in [-0.3, -0.25) is 9.52 Å². The summed E-state index contributed by atoms with van der Waals surface area (Å²) in [6.45, 7) is 4.00. The van der Waals surface area contributed by atoms with Crippen molar-refractivity contribution in [1.82, 2.24) is 0 Å². The molecule has 0 spiro atoms. The van der Waals surface area contributed by atoms with Gasteiger partial charge in [0, 0.05) is 16.9 Å². The minimum atomic E-state index is -3.80. The van der Waals surface area contributed by atoms with Crippen LogP contribution in [0.15, 0.2) is 77.7 Å². The average molecular weight is 394 g/mol. The van der Waals surface area contributed by atoms with Crippen LogP contribution < -0.4 is 10.0 Å². The third-order valence-electron chi connectivity index (χ3n) is 4.33. The van der Waals surface area contributed by atoms with Crippen molar-refractivity contribution in [3.05, 3.63) is 89.5 Å². The number of hydrogen-bond acceptors (Lipinski definition) is 3. The first-order valence-electron chi connectivity index (χ1n) is 8.97.